The zero-order chi connectivity index (χ0) is 22.1. The van der Waals surface area contributed by atoms with E-state index in [9.17, 15) is 14.4 Å². The van der Waals surface area contributed by atoms with Crippen molar-refractivity contribution in [2.45, 2.75) is 25.7 Å². The molecule has 3 rings (SSSR count). The first-order valence-corrected chi connectivity index (χ1v) is 10.1. The summed E-state index contributed by atoms with van der Waals surface area (Å²) in [5.74, 6) is -1.51. The number of nitrogens with one attached hydrogen (secondary N) is 2. The number of hydrogen-bond donors (Lipinski definition) is 2. The van der Waals surface area contributed by atoms with Crippen molar-refractivity contribution < 1.29 is 19.1 Å². The lowest BCUT2D eigenvalue weighted by Gasteiger charge is -2.28. The molecule has 0 saturated carbocycles. The number of rotatable bonds is 7. The molecule has 160 valence electrons. The van der Waals surface area contributed by atoms with Gasteiger partial charge >= 0.3 is 5.97 Å². The smallest absolute Gasteiger partial charge is 0.338 e. The summed E-state index contributed by atoms with van der Waals surface area (Å²) in [6.07, 6.45) is 3.41. The van der Waals surface area contributed by atoms with Crippen LogP contribution in [0.3, 0.4) is 0 Å². The molecular formula is C23H24N4O4. The number of amides is 2. The number of hydrogen-bond acceptors (Lipinski definition) is 6. The van der Waals surface area contributed by atoms with E-state index in [1.807, 2.05) is 24.3 Å². The zero-order valence-corrected chi connectivity index (χ0v) is 17.1. The lowest BCUT2D eigenvalue weighted by atomic mass is 10.1. The van der Waals surface area contributed by atoms with Gasteiger partial charge in [0.2, 0.25) is 5.91 Å². The van der Waals surface area contributed by atoms with Crippen LogP contribution in [0.4, 0.5) is 17.1 Å². The van der Waals surface area contributed by atoms with Crippen LogP contribution in [-0.4, -0.2) is 37.5 Å². The van der Waals surface area contributed by atoms with Gasteiger partial charge < -0.3 is 20.3 Å². The first kappa shape index (κ1) is 21.8. The molecule has 2 aromatic rings. The fourth-order valence-electron chi connectivity index (χ4n) is 3.29. The van der Waals surface area contributed by atoms with E-state index in [1.165, 1.54) is 43.5 Å². The molecule has 0 atom stereocenters. The van der Waals surface area contributed by atoms with Crippen molar-refractivity contribution in [3.05, 3.63) is 54.1 Å². The van der Waals surface area contributed by atoms with Crippen LogP contribution in [0.25, 0.3) is 0 Å². The molecular weight excluding hydrogens is 396 g/mol. The number of anilines is 3. The predicted octanol–water partition coefficient (Wildman–Crippen LogP) is 3.32. The van der Waals surface area contributed by atoms with Gasteiger partial charge in [0.1, 0.15) is 6.42 Å². The fourth-order valence-corrected chi connectivity index (χ4v) is 3.29. The Kier molecular flexibility index (Phi) is 7.60. The van der Waals surface area contributed by atoms with E-state index in [0.29, 0.717) is 11.4 Å². The Bertz CT molecular complexity index is 959. The molecule has 1 saturated heterocycles. The van der Waals surface area contributed by atoms with Gasteiger partial charge in [-0.05, 0) is 67.8 Å². The highest BCUT2D eigenvalue weighted by Gasteiger charge is 2.13. The number of piperidine rings is 1. The van der Waals surface area contributed by atoms with E-state index in [2.05, 4.69) is 15.5 Å². The monoisotopic (exact) mass is 420 g/mol. The van der Waals surface area contributed by atoms with Crippen LogP contribution in [-0.2, 0) is 14.3 Å². The molecule has 1 heterocycles. The van der Waals surface area contributed by atoms with E-state index in [0.717, 1.165) is 18.8 Å². The van der Waals surface area contributed by atoms with Gasteiger partial charge in [0.25, 0.3) is 5.91 Å². The van der Waals surface area contributed by atoms with Crippen LogP contribution in [0, 0.1) is 11.3 Å². The fraction of sp³-hybridized carbons (Fsp3) is 0.304. The number of nitrogens with zero attached hydrogens (tertiary/aromatic N) is 2. The highest BCUT2D eigenvalue weighted by Crippen LogP contribution is 2.21. The minimum Gasteiger partial charge on any atom is -0.452 e. The van der Waals surface area contributed by atoms with Crippen LogP contribution >= 0.6 is 0 Å². The van der Waals surface area contributed by atoms with E-state index in [1.54, 1.807) is 6.07 Å². The molecule has 31 heavy (non-hydrogen) atoms. The topological polar surface area (TPSA) is 112 Å². The highest BCUT2D eigenvalue weighted by molar-refractivity contribution is 5.96. The molecule has 8 nitrogen and oxygen atoms in total. The summed E-state index contributed by atoms with van der Waals surface area (Å²) < 4.78 is 5.05. The second-order valence-corrected chi connectivity index (χ2v) is 7.18. The molecule has 0 radical (unpaired) electrons. The number of nitriles is 1. The molecule has 8 heteroatoms. The van der Waals surface area contributed by atoms with Crippen molar-refractivity contribution in [1.29, 1.82) is 5.26 Å². The first-order valence-electron chi connectivity index (χ1n) is 10.1. The van der Waals surface area contributed by atoms with Crippen molar-refractivity contribution >= 4 is 34.8 Å². The molecule has 0 unspecified atom stereocenters. The Morgan fingerprint density at radius 1 is 0.871 bits per heavy atom. The van der Waals surface area contributed by atoms with Crippen LogP contribution in [0.2, 0.25) is 0 Å². The van der Waals surface area contributed by atoms with Gasteiger partial charge in [0.15, 0.2) is 6.61 Å². The summed E-state index contributed by atoms with van der Waals surface area (Å²) in [6.45, 7) is 1.69. The molecule has 0 spiro atoms. The van der Waals surface area contributed by atoms with Crippen LogP contribution in [0.1, 0.15) is 36.0 Å². The average Bonchev–Trinajstić information content (AvgIpc) is 2.79. The Hall–Kier alpha value is -3.86. The SMILES string of the molecule is N#CCC(=O)Nc1ccc(C(=O)OCC(=O)Nc2ccc(N3CCCCC3)cc2)cc1. The van der Waals surface area contributed by atoms with E-state index in [-0.39, 0.29) is 12.0 Å². The Morgan fingerprint density at radius 2 is 1.45 bits per heavy atom. The second kappa shape index (κ2) is 10.8. The zero-order valence-electron chi connectivity index (χ0n) is 17.1. The lowest BCUT2D eigenvalue weighted by molar-refractivity contribution is -0.119. The van der Waals surface area contributed by atoms with Crippen LogP contribution in [0.5, 0.6) is 0 Å². The molecule has 2 amide bonds. The van der Waals surface area contributed by atoms with Crippen molar-refractivity contribution in [3.63, 3.8) is 0 Å². The summed E-state index contributed by atoms with van der Waals surface area (Å²) in [7, 11) is 0. The maximum Gasteiger partial charge on any atom is 0.338 e. The van der Waals surface area contributed by atoms with Gasteiger partial charge in [0.05, 0.1) is 11.6 Å². The van der Waals surface area contributed by atoms with E-state index in [4.69, 9.17) is 10.00 Å². The summed E-state index contributed by atoms with van der Waals surface area (Å²) in [5, 5.41) is 13.7. The third kappa shape index (κ3) is 6.57. The van der Waals surface area contributed by atoms with Gasteiger partial charge in [-0.2, -0.15) is 5.26 Å². The second-order valence-electron chi connectivity index (χ2n) is 7.18. The van der Waals surface area contributed by atoms with E-state index >= 15 is 0 Å². The summed E-state index contributed by atoms with van der Waals surface area (Å²) in [6, 6.07) is 15.4. The van der Waals surface area contributed by atoms with Crippen LogP contribution < -0.4 is 15.5 Å². The Morgan fingerprint density at radius 3 is 2.06 bits per heavy atom. The summed E-state index contributed by atoms with van der Waals surface area (Å²) in [5.41, 5.74) is 2.48. The third-order valence-corrected chi connectivity index (χ3v) is 4.85. The number of benzene rings is 2. The number of carbonyl (C=O) groups excluding carboxylic acids is 3. The molecule has 1 aliphatic rings. The quantitative estimate of drug-likeness (QED) is 0.665. The largest absolute Gasteiger partial charge is 0.452 e. The van der Waals surface area contributed by atoms with Crippen molar-refractivity contribution in [3.8, 4) is 6.07 Å². The van der Waals surface area contributed by atoms with Gasteiger partial charge in [-0.3, -0.25) is 9.59 Å². The van der Waals surface area contributed by atoms with Crippen molar-refractivity contribution in [1.82, 2.24) is 0 Å². The molecule has 2 aromatic carbocycles. The molecule has 0 aliphatic carbocycles. The van der Waals surface area contributed by atoms with Gasteiger partial charge in [-0.15, -0.1) is 0 Å². The summed E-state index contributed by atoms with van der Waals surface area (Å²) in [4.78, 5) is 37.9. The number of ether oxygens (including phenoxy) is 1. The van der Waals surface area contributed by atoms with E-state index < -0.39 is 24.4 Å². The highest BCUT2D eigenvalue weighted by atomic mass is 16.5. The normalized spacial score (nSPS) is 13.1. The predicted molar refractivity (Wildman–Crippen MR) is 117 cm³/mol. The summed E-state index contributed by atoms with van der Waals surface area (Å²) >= 11 is 0. The molecule has 0 bridgehead atoms. The van der Waals surface area contributed by atoms with Crippen molar-refractivity contribution in [2.75, 3.05) is 35.2 Å². The van der Waals surface area contributed by atoms with Crippen molar-refractivity contribution in [2.24, 2.45) is 0 Å². The Labute approximate surface area is 180 Å². The minimum atomic E-state index is -0.648. The van der Waals surface area contributed by atoms with Gasteiger partial charge in [-0.1, -0.05) is 0 Å². The average molecular weight is 420 g/mol. The molecule has 1 fully saturated rings. The number of esters is 1. The molecule has 2 N–H and O–H groups in total. The van der Waals surface area contributed by atoms with Gasteiger partial charge in [-0.25, -0.2) is 4.79 Å². The lowest BCUT2D eigenvalue weighted by Crippen LogP contribution is -2.29. The first-order chi connectivity index (χ1) is 15.0. The Balaban J connectivity index is 1.45. The minimum absolute atomic E-state index is 0.247. The molecule has 1 aliphatic heterocycles. The number of carbonyl (C=O) groups is 3. The molecule has 0 aromatic heterocycles. The van der Waals surface area contributed by atoms with Gasteiger partial charge in [0, 0.05) is 30.2 Å². The van der Waals surface area contributed by atoms with Crippen LogP contribution in [0.15, 0.2) is 48.5 Å². The standard InChI is InChI=1S/C23H24N4O4/c24-13-12-21(28)25-18-6-4-17(5-7-18)23(30)31-16-22(29)26-19-8-10-20(11-9-19)27-14-2-1-3-15-27/h4-11H,1-3,12,14-16H2,(H,25,28)(H,26,29). The third-order valence-electron chi connectivity index (χ3n) is 4.85. The maximum atomic E-state index is 12.1. The maximum absolute atomic E-state index is 12.1.